The highest BCUT2D eigenvalue weighted by Crippen LogP contribution is 2.35. The molecule has 1 aromatic rings. The van der Waals surface area contributed by atoms with Crippen molar-refractivity contribution in [3.8, 4) is 0 Å². The van der Waals surface area contributed by atoms with Crippen molar-refractivity contribution in [2.45, 2.75) is 31.8 Å². The van der Waals surface area contributed by atoms with Crippen LogP contribution in [0.5, 0.6) is 0 Å². The summed E-state index contributed by atoms with van der Waals surface area (Å²) in [4.78, 5) is 0. The number of hydrogen-bond acceptors (Lipinski definition) is 1. The quantitative estimate of drug-likeness (QED) is 0.857. The van der Waals surface area contributed by atoms with E-state index in [4.69, 9.17) is 23.2 Å². The Morgan fingerprint density at radius 1 is 1.33 bits per heavy atom. The third-order valence-electron chi connectivity index (χ3n) is 2.79. The number of rotatable bonds is 4. The number of halogens is 2. The highest BCUT2D eigenvalue weighted by atomic mass is 35.5. The Hall–Kier alpha value is -0.240. The van der Waals surface area contributed by atoms with Crippen molar-refractivity contribution >= 4 is 23.2 Å². The van der Waals surface area contributed by atoms with Crippen molar-refractivity contribution in [1.82, 2.24) is 0 Å². The summed E-state index contributed by atoms with van der Waals surface area (Å²) in [6, 6.07) is 5.55. The van der Waals surface area contributed by atoms with E-state index in [0.29, 0.717) is 16.5 Å². The molecule has 0 bridgehead atoms. The molecule has 1 N–H and O–H groups in total. The second-order valence-corrected chi connectivity index (χ2v) is 5.04. The normalized spacial score (nSPS) is 17.8. The first-order valence-electron chi connectivity index (χ1n) is 5.27. The summed E-state index contributed by atoms with van der Waals surface area (Å²) in [6.07, 6.45) is 3.74. The lowest BCUT2D eigenvalue weighted by Gasteiger charge is -2.11. The molecule has 1 nitrogen and oxygen atoms in total. The molecule has 0 heterocycles. The highest BCUT2D eigenvalue weighted by Gasteiger charge is 2.24. The van der Waals surface area contributed by atoms with E-state index in [1.54, 1.807) is 6.07 Å². The highest BCUT2D eigenvalue weighted by molar-refractivity contribution is 6.42. The first kappa shape index (κ1) is 11.3. The van der Waals surface area contributed by atoms with Gasteiger partial charge < -0.3 is 5.11 Å². The zero-order chi connectivity index (χ0) is 10.8. The van der Waals surface area contributed by atoms with Gasteiger partial charge in [-0.25, -0.2) is 0 Å². The minimum absolute atomic E-state index is 0.284. The van der Waals surface area contributed by atoms with Gasteiger partial charge in [-0.1, -0.05) is 48.2 Å². The van der Waals surface area contributed by atoms with Crippen LogP contribution in [0.25, 0.3) is 0 Å². The topological polar surface area (TPSA) is 20.2 Å². The standard InChI is InChI=1S/C12H14Cl2O/c13-11-3-1-2-9(12(11)14)7-10(15)6-8-4-5-8/h1-3,8,10,15H,4-7H2. The average molecular weight is 245 g/mol. The summed E-state index contributed by atoms with van der Waals surface area (Å²) in [7, 11) is 0. The molecule has 0 saturated heterocycles. The van der Waals surface area contributed by atoms with E-state index in [1.807, 2.05) is 12.1 Å². The van der Waals surface area contributed by atoms with Crippen LogP contribution < -0.4 is 0 Å². The van der Waals surface area contributed by atoms with Crippen molar-refractivity contribution in [2.75, 3.05) is 0 Å². The van der Waals surface area contributed by atoms with E-state index in [1.165, 1.54) is 12.8 Å². The van der Waals surface area contributed by atoms with Crippen molar-refractivity contribution in [3.05, 3.63) is 33.8 Å². The van der Waals surface area contributed by atoms with Crippen LogP contribution >= 0.6 is 23.2 Å². The molecule has 1 aromatic carbocycles. The van der Waals surface area contributed by atoms with Crippen molar-refractivity contribution in [1.29, 1.82) is 0 Å². The van der Waals surface area contributed by atoms with Crippen molar-refractivity contribution < 1.29 is 5.11 Å². The Morgan fingerprint density at radius 2 is 2.07 bits per heavy atom. The maximum Gasteiger partial charge on any atom is 0.0625 e. The molecule has 1 aliphatic rings. The van der Waals surface area contributed by atoms with Gasteiger partial charge in [0.05, 0.1) is 16.1 Å². The van der Waals surface area contributed by atoms with E-state index in [-0.39, 0.29) is 6.10 Å². The Bertz CT molecular complexity index is 347. The second-order valence-electron chi connectivity index (χ2n) is 4.25. The van der Waals surface area contributed by atoms with Gasteiger partial charge in [0, 0.05) is 0 Å². The van der Waals surface area contributed by atoms with Crippen LogP contribution in [0.1, 0.15) is 24.8 Å². The van der Waals surface area contributed by atoms with Crippen LogP contribution in [0.2, 0.25) is 10.0 Å². The molecule has 0 spiro atoms. The van der Waals surface area contributed by atoms with Crippen LogP contribution in [-0.4, -0.2) is 11.2 Å². The molecule has 1 saturated carbocycles. The van der Waals surface area contributed by atoms with Crippen molar-refractivity contribution in [2.24, 2.45) is 5.92 Å². The summed E-state index contributed by atoms with van der Waals surface area (Å²) < 4.78 is 0. The first-order chi connectivity index (χ1) is 7.16. The predicted molar refractivity (Wildman–Crippen MR) is 63.5 cm³/mol. The summed E-state index contributed by atoms with van der Waals surface area (Å²) in [5.41, 5.74) is 0.942. The minimum atomic E-state index is -0.284. The lowest BCUT2D eigenvalue weighted by molar-refractivity contribution is 0.158. The molecule has 0 aromatic heterocycles. The molecule has 1 atom stereocenters. The lowest BCUT2D eigenvalue weighted by atomic mass is 10.0. The maximum atomic E-state index is 9.83. The molecule has 0 amide bonds. The Morgan fingerprint density at radius 3 is 2.73 bits per heavy atom. The molecule has 1 unspecified atom stereocenters. The predicted octanol–water partition coefficient (Wildman–Crippen LogP) is 3.70. The van der Waals surface area contributed by atoms with Gasteiger partial charge >= 0.3 is 0 Å². The van der Waals surface area contributed by atoms with Crippen molar-refractivity contribution in [3.63, 3.8) is 0 Å². The van der Waals surface area contributed by atoms with Gasteiger partial charge in [-0.2, -0.15) is 0 Å². The van der Waals surface area contributed by atoms with Crippen LogP contribution in [0.15, 0.2) is 18.2 Å². The SMILES string of the molecule is OC(Cc1cccc(Cl)c1Cl)CC1CC1. The summed E-state index contributed by atoms with van der Waals surface area (Å²) in [5.74, 6) is 0.734. The lowest BCUT2D eigenvalue weighted by Crippen LogP contribution is -2.11. The molecule has 0 radical (unpaired) electrons. The summed E-state index contributed by atoms with van der Waals surface area (Å²) >= 11 is 11.9. The molecular formula is C12H14Cl2O. The van der Waals surface area contributed by atoms with E-state index < -0.39 is 0 Å². The Labute approximate surface area is 100 Å². The van der Waals surface area contributed by atoms with E-state index in [2.05, 4.69) is 0 Å². The monoisotopic (exact) mass is 244 g/mol. The zero-order valence-corrected chi connectivity index (χ0v) is 9.93. The zero-order valence-electron chi connectivity index (χ0n) is 8.42. The Balaban J connectivity index is 1.99. The number of aliphatic hydroxyl groups is 1. The molecular weight excluding hydrogens is 231 g/mol. The largest absolute Gasteiger partial charge is 0.393 e. The van der Waals surface area contributed by atoms with E-state index in [0.717, 1.165) is 17.9 Å². The van der Waals surface area contributed by atoms with Crippen LogP contribution in [-0.2, 0) is 6.42 Å². The molecule has 15 heavy (non-hydrogen) atoms. The van der Waals surface area contributed by atoms with Crippen LogP contribution in [0.4, 0.5) is 0 Å². The molecule has 1 aliphatic carbocycles. The fraction of sp³-hybridized carbons (Fsp3) is 0.500. The van der Waals surface area contributed by atoms with Crippen LogP contribution in [0.3, 0.4) is 0 Å². The smallest absolute Gasteiger partial charge is 0.0625 e. The Kier molecular flexibility index (Phi) is 3.55. The molecule has 3 heteroatoms. The van der Waals surface area contributed by atoms with E-state index in [9.17, 15) is 5.11 Å². The molecule has 82 valence electrons. The molecule has 2 rings (SSSR count). The summed E-state index contributed by atoms with van der Waals surface area (Å²) in [6.45, 7) is 0. The van der Waals surface area contributed by atoms with Gasteiger partial charge in [0.1, 0.15) is 0 Å². The van der Waals surface area contributed by atoms with Gasteiger partial charge in [0.25, 0.3) is 0 Å². The molecule has 1 fully saturated rings. The second kappa shape index (κ2) is 4.73. The first-order valence-corrected chi connectivity index (χ1v) is 6.03. The molecule has 0 aliphatic heterocycles. The van der Waals surface area contributed by atoms with Gasteiger partial charge in [-0.05, 0) is 30.4 Å². The number of hydrogen-bond donors (Lipinski definition) is 1. The van der Waals surface area contributed by atoms with Gasteiger partial charge in [-0.15, -0.1) is 0 Å². The fourth-order valence-electron chi connectivity index (χ4n) is 1.78. The van der Waals surface area contributed by atoms with Crippen LogP contribution in [0, 0.1) is 5.92 Å². The maximum absolute atomic E-state index is 9.83. The van der Waals surface area contributed by atoms with Gasteiger partial charge in [-0.3, -0.25) is 0 Å². The number of aliphatic hydroxyl groups excluding tert-OH is 1. The number of benzene rings is 1. The van der Waals surface area contributed by atoms with Gasteiger partial charge in [0.2, 0.25) is 0 Å². The minimum Gasteiger partial charge on any atom is -0.393 e. The third-order valence-corrected chi connectivity index (χ3v) is 3.65. The van der Waals surface area contributed by atoms with E-state index >= 15 is 0 Å². The average Bonchev–Trinajstić information content (AvgIpc) is 2.97. The third kappa shape index (κ3) is 3.10. The summed E-state index contributed by atoms with van der Waals surface area (Å²) in [5, 5.41) is 11.0. The fourth-order valence-corrected chi connectivity index (χ4v) is 2.18. The van der Waals surface area contributed by atoms with Gasteiger partial charge in [0.15, 0.2) is 0 Å².